The van der Waals surface area contributed by atoms with E-state index in [-0.39, 0.29) is 18.2 Å². The number of piperidine rings is 1. The normalized spacial score (nSPS) is 25.3. The number of nitrogens with one attached hydrogen (secondary N) is 2. The predicted octanol–water partition coefficient (Wildman–Crippen LogP) is 1.43. The third-order valence-corrected chi connectivity index (χ3v) is 8.32. The molecule has 9 nitrogen and oxygen atoms in total. The average Bonchev–Trinajstić information content (AvgIpc) is 2.78. The summed E-state index contributed by atoms with van der Waals surface area (Å²) < 4.78 is 25.2. The van der Waals surface area contributed by atoms with Crippen molar-refractivity contribution in [3.63, 3.8) is 0 Å². The van der Waals surface area contributed by atoms with E-state index in [2.05, 4.69) is 14.9 Å². The summed E-state index contributed by atoms with van der Waals surface area (Å²) in [5.41, 5.74) is -0.140. The highest BCUT2D eigenvalue weighted by molar-refractivity contribution is 7.92. The van der Waals surface area contributed by atoms with Crippen molar-refractivity contribution in [1.29, 1.82) is 0 Å². The Hall–Kier alpha value is -2.17. The molecular formula is C24H36N4O5S. The molecule has 1 aromatic carbocycles. The monoisotopic (exact) mass is 492 g/mol. The summed E-state index contributed by atoms with van der Waals surface area (Å²) in [5, 5.41) is 13.9. The van der Waals surface area contributed by atoms with E-state index in [0.717, 1.165) is 31.1 Å². The fraction of sp³-hybridized carbons (Fsp3) is 0.667. The lowest BCUT2D eigenvalue weighted by molar-refractivity contribution is -0.161. The molecule has 3 fully saturated rings. The van der Waals surface area contributed by atoms with Crippen LogP contribution in [-0.4, -0.2) is 78.7 Å². The number of likely N-dealkylation sites (tertiary alicyclic amines) is 1. The lowest BCUT2D eigenvalue weighted by atomic mass is 9.77. The molecule has 1 spiro atoms. The highest BCUT2D eigenvalue weighted by Crippen LogP contribution is 2.36. The molecule has 1 aromatic rings. The van der Waals surface area contributed by atoms with Gasteiger partial charge in [-0.1, -0.05) is 31.4 Å². The van der Waals surface area contributed by atoms with Crippen LogP contribution in [0.5, 0.6) is 0 Å². The minimum absolute atomic E-state index is 0.110. The number of sulfonamides is 1. The van der Waals surface area contributed by atoms with Crippen LogP contribution >= 0.6 is 0 Å². The van der Waals surface area contributed by atoms with Gasteiger partial charge in [0.1, 0.15) is 11.6 Å². The van der Waals surface area contributed by atoms with E-state index in [1.807, 2.05) is 12.1 Å². The van der Waals surface area contributed by atoms with Crippen LogP contribution < -0.4 is 10.0 Å². The molecule has 2 heterocycles. The zero-order valence-electron chi connectivity index (χ0n) is 20.0. The summed E-state index contributed by atoms with van der Waals surface area (Å²) in [7, 11) is -1.58. The topological polar surface area (TPSA) is 119 Å². The largest absolute Gasteiger partial charge is 0.390 e. The first-order valence-corrected chi connectivity index (χ1v) is 14.0. The number of nitrogens with zero attached hydrogens (tertiary/aromatic N) is 2. The SMILES string of the molecule is CN1C(=O)[C@@H](CC2(O)CCCCC2)NC(=O)C12CCN(Cc1ccc(NS(C)(=O)=O)cc1)CC2. The molecule has 10 heteroatoms. The van der Waals surface area contributed by atoms with Crippen LogP contribution in [-0.2, 0) is 26.2 Å². The van der Waals surface area contributed by atoms with Gasteiger partial charge < -0.3 is 15.3 Å². The number of piperazine rings is 1. The van der Waals surface area contributed by atoms with Crippen molar-refractivity contribution in [3.8, 4) is 0 Å². The molecule has 0 radical (unpaired) electrons. The van der Waals surface area contributed by atoms with Crippen LogP contribution in [0.25, 0.3) is 0 Å². The number of hydrogen-bond donors (Lipinski definition) is 3. The van der Waals surface area contributed by atoms with Gasteiger partial charge in [0, 0.05) is 38.8 Å². The zero-order valence-corrected chi connectivity index (χ0v) is 20.9. The predicted molar refractivity (Wildman–Crippen MR) is 130 cm³/mol. The summed E-state index contributed by atoms with van der Waals surface area (Å²) in [5.74, 6) is -0.226. The van der Waals surface area contributed by atoms with Gasteiger partial charge in [0.05, 0.1) is 11.9 Å². The van der Waals surface area contributed by atoms with Crippen LogP contribution in [0.3, 0.4) is 0 Å². The van der Waals surface area contributed by atoms with Crippen molar-refractivity contribution in [3.05, 3.63) is 29.8 Å². The van der Waals surface area contributed by atoms with Crippen molar-refractivity contribution in [2.45, 2.75) is 75.1 Å². The number of rotatable bonds is 6. The molecule has 2 amide bonds. The molecule has 1 atom stereocenters. The number of carbonyl (C=O) groups is 2. The summed E-state index contributed by atoms with van der Waals surface area (Å²) in [6.45, 7) is 2.02. The summed E-state index contributed by atoms with van der Waals surface area (Å²) in [4.78, 5) is 30.3. The molecule has 0 aromatic heterocycles. The number of benzene rings is 1. The Morgan fingerprint density at radius 3 is 2.26 bits per heavy atom. The third-order valence-electron chi connectivity index (χ3n) is 7.71. The molecule has 4 rings (SSSR count). The highest BCUT2D eigenvalue weighted by atomic mass is 32.2. The second kappa shape index (κ2) is 9.47. The van der Waals surface area contributed by atoms with Gasteiger partial charge in [-0.05, 0) is 43.4 Å². The van der Waals surface area contributed by atoms with E-state index in [4.69, 9.17) is 0 Å². The molecule has 1 saturated carbocycles. The van der Waals surface area contributed by atoms with E-state index >= 15 is 0 Å². The fourth-order valence-electron chi connectivity index (χ4n) is 5.68. The Bertz CT molecular complexity index is 1010. The van der Waals surface area contributed by atoms with Gasteiger partial charge in [-0.15, -0.1) is 0 Å². The number of anilines is 1. The van der Waals surface area contributed by atoms with E-state index in [1.165, 1.54) is 0 Å². The maximum atomic E-state index is 13.2. The Kier molecular flexibility index (Phi) is 6.94. The highest BCUT2D eigenvalue weighted by Gasteiger charge is 2.53. The number of aliphatic hydroxyl groups is 1. The minimum Gasteiger partial charge on any atom is -0.390 e. The second-order valence-electron chi connectivity index (χ2n) is 10.3. The minimum atomic E-state index is -3.31. The van der Waals surface area contributed by atoms with Gasteiger partial charge >= 0.3 is 0 Å². The van der Waals surface area contributed by atoms with E-state index in [0.29, 0.717) is 51.0 Å². The van der Waals surface area contributed by atoms with E-state index in [9.17, 15) is 23.1 Å². The first kappa shape index (κ1) is 24.9. The average molecular weight is 493 g/mol. The summed E-state index contributed by atoms with van der Waals surface area (Å²) in [6.07, 6.45) is 6.88. The Morgan fingerprint density at radius 1 is 1.06 bits per heavy atom. The number of amides is 2. The first-order chi connectivity index (χ1) is 16.0. The van der Waals surface area contributed by atoms with Gasteiger partial charge in [-0.25, -0.2) is 8.42 Å². The van der Waals surface area contributed by atoms with Gasteiger partial charge in [0.15, 0.2) is 0 Å². The molecule has 2 aliphatic heterocycles. The summed E-state index contributed by atoms with van der Waals surface area (Å²) in [6, 6.07) is 6.60. The smallest absolute Gasteiger partial charge is 0.246 e. The first-order valence-electron chi connectivity index (χ1n) is 12.1. The van der Waals surface area contributed by atoms with Crippen molar-refractivity contribution in [1.82, 2.24) is 15.1 Å². The molecule has 0 bridgehead atoms. The lowest BCUT2D eigenvalue weighted by Gasteiger charge is -2.51. The van der Waals surface area contributed by atoms with E-state index < -0.39 is 27.2 Å². The summed E-state index contributed by atoms with van der Waals surface area (Å²) >= 11 is 0. The number of carbonyl (C=O) groups excluding carboxylic acids is 2. The molecule has 1 aliphatic carbocycles. The molecule has 3 N–H and O–H groups in total. The Morgan fingerprint density at radius 2 is 1.68 bits per heavy atom. The molecule has 188 valence electrons. The van der Waals surface area contributed by atoms with Gasteiger partial charge in [0.2, 0.25) is 21.8 Å². The van der Waals surface area contributed by atoms with Crippen LogP contribution in [0.4, 0.5) is 5.69 Å². The number of hydrogen-bond acceptors (Lipinski definition) is 6. The zero-order chi connectivity index (χ0) is 24.6. The van der Waals surface area contributed by atoms with Crippen molar-refractivity contribution in [2.24, 2.45) is 0 Å². The standard InChI is InChI=1S/C24H36N4O5S/c1-27-21(29)20(16-23(31)10-4-3-5-11-23)25-22(30)24(27)12-14-28(15-13-24)17-18-6-8-19(9-7-18)26-34(2,32)33/h6-9,20,26,31H,3-5,10-17H2,1-2H3,(H,25,30)/t20-/m1/s1. The van der Waals surface area contributed by atoms with Crippen LogP contribution in [0.1, 0.15) is 56.9 Å². The van der Waals surface area contributed by atoms with Gasteiger partial charge in [-0.3, -0.25) is 19.2 Å². The van der Waals surface area contributed by atoms with Crippen LogP contribution in [0, 0.1) is 0 Å². The molecular weight excluding hydrogens is 456 g/mol. The maximum Gasteiger partial charge on any atom is 0.246 e. The van der Waals surface area contributed by atoms with Gasteiger partial charge in [-0.2, -0.15) is 0 Å². The second-order valence-corrected chi connectivity index (χ2v) is 12.0. The fourth-order valence-corrected chi connectivity index (χ4v) is 6.24. The Labute approximate surface area is 201 Å². The molecule has 3 aliphatic rings. The van der Waals surface area contributed by atoms with Crippen molar-refractivity contribution in [2.75, 3.05) is 31.1 Å². The van der Waals surface area contributed by atoms with E-state index in [1.54, 1.807) is 24.1 Å². The van der Waals surface area contributed by atoms with Crippen LogP contribution in [0.15, 0.2) is 24.3 Å². The molecule has 2 saturated heterocycles. The van der Waals surface area contributed by atoms with Crippen molar-refractivity contribution < 1.29 is 23.1 Å². The van der Waals surface area contributed by atoms with Crippen molar-refractivity contribution >= 4 is 27.5 Å². The molecule has 0 unspecified atom stereocenters. The van der Waals surface area contributed by atoms with Crippen LogP contribution in [0.2, 0.25) is 0 Å². The number of likely N-dealkylation sites (N-methyl/N-ethyl adjacent to an activating group) is 1. The quantitative estimate of drug-likeness (QED) is 0.553. The lowest BCUT2D eigenvalue weighted by Crippen LogP contribution is -2.72. The molecule has 34 heavy (non-hydrogen) atoms. The Balaban J connectivity index is 1.35. The van der Waals surface area contributed by atoms with Gasteiger partial charge in [0.25, 0.3) is 0 Å². The third kappa shape index (κ3) is 5.39. The maximum absolute atomic E-state index is 13.2.